The summed E-state index contributed by atoms with van der Waals surface area (Å²) in [5, 5.41) is 2.89. The first-order chi connectivity index (χ1) is 14.1. The monoisotopic (exact) mass is 394 g/mol. The Morgan fingerprint density at radius 2 is 1.90 bits per heavy atom. The fourth-order valence-corrected chi connectivity index (χ4v) is 3.78. The highest BCUT2D eigenvalue weighted by Crippen LogP contribution is 2.43. The van der Waals surface area contributed by atoms with Crippen molar-refractivity contribution >= 4 is 17.5 Å². The standard InChI is InChI=1S/C23H26N2O4/c1-4-15-24-23(27)19-13-14-21(26)25(16-9-11-17(28-2)12-10-16)22(19)18-7-5-6-8-20(18)29-3/h4-12,19,22H,1,13-15H2,2-3H3,(H,24,27). The van der Waals surface area contributed by atoms with E-state index in [-0.39, 0.29) is 11.8 Å². The van der Waals surface area contributed by atoms with Crippen LogP contribution in [-0.2, 0) is 9.59 Å². The molecule has 6 heteroatoms. The van der Waals surface area contributed by atoms with Gasteiger partial charge in [-0.25, -0.2) is 0 Å². The van der Waals surface area contributed by atoms with Gasteiger partial charge in [0.25, 0.3) is 0 Å². The number of nitrogens with one attached hydrogen (secondary N) is 1. The van der Waals surface area contributed by atoms with E-state index < -0.39 is 12.0 Å². The van der Waals surface area contributed by atoms with Crippen LogP contribution in [0.25, 0.3) is 0 Å². The Kier molecular flexibility index (Phi) is 6.54. The first-order valence-electron chi connectivity index (χ1n) is 9.58. The molecule has 0 saturated carbocycles. The zero-order valence-electron chi connectivity index (χ0n) is 16.8. The van der Waals surface area contributed by atoms with Gasteiger partial charge in [0.2, 0.25) is 11.8 Å². The number of amides is 2. The van der Waals surface area contributed by atoms with Crippen LogP contribution < -0.4 is 19.7 Å². The van der Waals surface area contributed by atoms with Crippen molar-refractivity contribution in [1.82, 2.24) is 5.32 Å². The summed E-state index contributed by atoms with van der Waals surface area (Å²) in [5.41, 5.74) is 1.52. The number of hydrogen-bond donors (Lipinski definition) is 1. The van der Waals surface area contributed by atoms with E-state index >= 15 is 0 Å². The van der Waals surface area contributed by atoms with Crippen LogP contribution in [0.1, 0.15) is 24.4 Å². The number of piperidine rings is 1. The molecule has 1 N–H and O–H groups in total. The first-order valence-corrected chi connectivity index (χ1v) is 9.58. The zero-order chi connectivity index (χ0) is 20.8. The average molecular weight is 394 g/mol. The molecule has 152 valence electrons. The molecule has 2 amide bonds. The van der Waals surface area contributed by atoms with Gasteiger partial charge in [0, 0.05) is 24.2 Å². The topological polar surface area (TPSA) is 67.9 Å². The van der Waals surface area contributed by atoms with Gasteiger partial charge in [0.05, 0.1) is 26.2 Å². The third-order valence-electron chi connectivity index (χ3n) is 5.16. The van der Waals surface area contributed by atoms with E-state index in [1.165, 1.54) is 0 Å². The summed E-state index contributed by atoms with van der Waals surface area (Å²) in [5.74, 6) is 0.802. The molecular formula is C23H26N2O4. The summed E-state index contributed by atoms with van der Waals surface area (Å²) in [4.78, 5) is 27.7. The summed E-state index contributed by atoms with van der Waals surface area (Å²) in [6.45, 7) is 4.04. The molecule has 0 aromatic heterocycles. The molecule has 3 rings (SSSR count). The molecular weight excluding hydrogens is 368 g/mol. The van der Waals surface area contributed by atoms with Gasteiger partial charge in [-0.05, 0) is 36.8 Å². The van der Waals surface area contributed by atoms with Crippen LogP contribution in [0.15, 0.2) is 61.2 Å². The van der Waals surface area contributed by atoms with Gasteiger partial charge in [-0.1, -0.05) is 24.3 Å². The van der Waals surface area contributed by atoms with E-state index in [2.05, 4.69) is 11.9 Å². The van der Waals surface area contributed by atoms with Crippen LogP contribution in [-0.4, -0.2) is 32.6 Å². The lowest BCUT2D eigenvalue weighted by atomic mass is 9.82. The summed E-state index contributed by atoms with van der Waals surface area (Å²) >= 11 is 0. The fraction of sp³-hybridized carbons (Fsp3) is 0.304. The van der Waals surface area contributed by atoms with Crippen molar-refractivity contribution < 1.29 is 19.1 Å². The van der Waals surface area contributed by atoms with Gasteiger partial charge in [-0.2, -0.15) is 0 Å². The fourth-order valence-electron chi connectivity index (χ4n) is 3.78. The largest absolute Gasteiger partial charge is 0.497 e. The lowest BCUT2D eigenvalue weighted by Crippen LogP contribution is -2.48. The van der Waals surface area contributed by atoms with Gasteiger partial charge < -0.3 is 19.7 Å². The third-order valence-corrected chi connectivity index (χ3v) is 5.16. The lowest BCUT2D eigenvalue weighted by Gasteiger charge is -2.41. The Bertz CT molecular complexity index is 879. The Labute approximate surface area is 171 Å². The smallest absolute Gasteiger partial charge is 0.227 e. The van der Waals surface area contributed by atoms with Crippen molar-refractivity contribution in [2.45, 2.75) is 18.9 Å². The van der Waals surface area contributed by atoms with Crippen LogP contribution in [0, 0.1) is 5.92 Å². The number of para-hydroxylation sites is 1. The molecule has 2 atom stereocenters. The van der Waals surface area contributed by atoms with Crippen molar-refractivity contribution in [3.63, 3.8) is 0 Å². The molecule has 2 aromatic rings. The molecule has 29 heavy (non-hydrogen) atoms. The van der Waals surface area contributed by atoms with E-state index in [0.29, 0.717) is 36.6 Å². The predicted octanol–water partition coefficient (Wildman–Crippen LogP) is 3.49. The summed E-state index contributed by atoms with van der Waals surface area (Å²) in [6.07, 6.45) is 2.41. The number of anilines is 1. The van der Waals surface area contributed by atoms with Crippen molar-refractivity contribution in [3.8, 4) is 11.5 Å². The van der Waals surface area contributed by atoms with Crippen molar-refractivity contribution in [2.24, 2.45) is 5.92 Å². The van der Waals surface area contributed by atoms with Crippen LogP contribution >= 0.6 is 0 Å². The van der Waals surface area contributed by atoms with Crippen LogP contribution in [0.4, 0.5) is 5.69 Å². The number of hydrogen-bond acceptors (Lipinski definition) is 4. The van der Waals surface area contributed by atoms with E-state index in [1.54, 1.807) is 25.2 Å². The van der Waals surface area contributed by atoms with E-state index in [0.717, 1.165) is 5.56 Å². The molecule has 1 aliphatic heterocycles. The molecule has 6 nitrogen and oxygen atoms in total. The summed E-state index contributed by atoms with van der Waals surface area (Å²) < 4.78 is 10.8. The number of nitrogens with zero attached hydrogens (tertiary/aromatic N) is 1. The second-order valence-electron chi connectivity index (χ2n) is 6.83. The van der Waals surface area contributed by atoms with E-state index in [9.17, 15) is 9.59 Å². The number of ether oxygens (including phenoxy) is 2. The Morgan fingerprint density at radius 3 is 2.55 bits per heavy atom. The quantitative estimate of drug-likeness (QED) is 0.730. The Morgan fingerprint density at radius 1 is 1.17 bits per heavy atom. The highest BCUT2D eigenvalue weighted by molar-refractivity contribution is 5.97. The summed E-state index contributed by atoms with van der Waals surface area (Å²) in [7, 11) is 3.19. The van der Waals surface area contributed by atoms with Crippen molar-refractivity contribution in [3.05, 3.63) is 66.7 Å². The average Bonchev–Trinajstić information content (AvgIpc) is 2.77. The molecule has 0 spiro atoms. The molecule has 2 aromatic carbocycles. The predicted molar refractivity (Wildman–Crippen MR) is 112 cm³/mol. The van der Waals surface area contributed by atoms with Gasteiger partial charge in [0.1, 0.15) is 11.5 Å². The maximum absolute atomic E-state index is 13.0. The van der Waals surface area contributed by atoms with Crippen molar-refractivity contribution in [1.29, 1.82) is 0 Å². The van der Waals surface area contributed by atoms with Gasteiger partial charge in [-0.15, -0.1) is 6.58 Å². The number of methoxy groups -OCH3 is 2. The minimum atomic E-state index is -0.481. The Hall–Kier alpha value is -3.28. The number of rotatable bonds is 7. The first kappa shape index (κ1) is 20.5. The van der Waals surface area contributed by atoms with Crippen LogP contribution in [0.2, 0.25) is 0 Å². The molecule has 0 bridgehead atoms. The second kappa shape index (κ2) is 9.28. The maximum Gasteiger partial charge on any atom is 0.227 e. The number of carbonyl (C=O) groups is 2. The highest BCUT2D eigenvalue weighted by atomic mass is 16.5. The zero-order valence-corrected chi connectivity index (χ0v) is 16.8. The van der Waals surface area contributed by atoms with E-state index in [1.807, 2.05) is 48.5 Å². The normalized spacial score (nSPS) is 18.8. The molecule has 1 fully saturated rings. The molecule has 1 heterocycles. The molecule has 0 aliphatic carbocycles. The number of carbonyl (C=O) groups excluding carboxylic acids is 2. The van der Waals surface area contributed by atoms with Gasteiger partial charge >= 0.3 is 0 Å². The molecule has 1 aliphatic rings. The van der Waals surface area contributed by atoms with Gasteiger partial charge in [0.15, 0.2) is 0 Å². The minimum Gasteiger partial charge on any atom is -0.497 e. The number of benzene rings is 2. The SMILES string of the molecule is C=CCNC(=O)C1CCC(=O)N(c2ccc(OC)cc2)C1c1ccccc1OC. The second-order valence-corrected chi connectivity index (χ2v) is 6.83. The van der Waals surface area contributed by atoms with Crippen LogP contribution in [0.5, 0.6) is 11.5 Å². The Balaban J connectivity index is 2.09. The highest BCUT2D eigenvalue weighted by Gasteiger charge is 2.42. The molecule has 1 saturated heterocycles. The third kappa shape index (κ3) is 4.26. The maximum atomic E-state index is 13.0. The summed E-state index contributed by atoms with van der Waals surface area (Å²) in [6, 6.07) is 14.3. The van der Waals surface area contributed by atoms with Gasteiger partial charge in [-0.3, -0.25) is 9.59 Å². The molecule has 0 radical (unpaired) electrons. The lowest BCUT2D eigenvalue weighted by molar-refractivity contribution is -0.129. The molecule has 2 unspecified atom stereocenters. The van der Waals surface area contributed by atoms with Crippen LogP contribution in [0.3, 0.4) is 0 Å². The van der Waals surface area contributed by atoms with Crippen molar-refractivity contribution in [2.75, 3.05) is 25.7 Å². The van der Waals surface area contributed by atoms with E-state index in [4.69, 9.17) is 9.47 Å². The minimum absolute atomic E-state index is 0.0288.